The van der Waals surface area contributed by atoms with Gasteiger partial charge in [-0.15, -0.1) is 0 Å². The third-order valence-corrected chi connectivity index (χ3v) is 12.6. The Balaban J connectivity index is 1.27. The maximum Gasteiger partial charge on any atom is 0.248 e. The van der Waals surface area contributed by atoms with Gasteiger partial charge in [-0.1, -0.05) is 180 Å². The maximum atomic E-state index is 2.66. The summed E-state index contributed by atoms with van der Waals surface area (Å²) in [5.41, 5.74) is 26.2. The molecule has 4 aliphatic rings. The molecule has 53 heavy (non-hydrogen) atoms. The van der Waals surface area contributed by atoms with E-state index in [-0.39, 0.29) is 24.3 Å². The number of nitrogens with zero attached hydrogens (tertiary/aromatic N) is 1. The highest BCUT2D eigenvalue weighted by Gasteiger charge is 2.50. The molecule has 7 aromatic carbocycles. The van der Waals surface area contributed by atoms with Crippen LogP contribution in [-0.4, -0.2) is 13.4 Å². The fraction of sp³-hybridized carbons (Fsp3) is 0.160. The molecule has 0 bridgehead atoms. The van der Waals surface area contributed by atoms with Crippen LogP contribution in [-0.2, 0) is 10.8 Å². The summed E-state index contributed by atoms with van der Waals surface area (Å²) in [7, 11) is 0. The van der Waals surface area contributed by atoms with Crippen molar-refractivity contribution in [3.8, 4) is 44.5 Å². The fourth-order valence-electron chi connectivity index (χ4n) is 10.0. The molecule has 0 atom stereocenters. The van der Waals surface area contributed by atoms with Gasteiger partial charge in [0.25, 0.3) is 0 Å². The molecule has 11 rings (SSSR count). The summed E-state index contributed by atoms with van der Waals surface area (Å²) in [6, 6.07) is 53.7. The van der Waals surface area contributed by atoms with E-state index < -0.39 is 0 Å². The smallest absolute Gasteiger partial charge is 0.248 e. The summed E-state index contributed by atoms with van der Waals surface area (Å²) >= 11 is 0. The number of hydrogen-bond donors (Lipinski definition) is 0. The highest BCUT2D eigenvalue weighted by molar-refractivity contribution is 7.05. The van der Waals surface area contributed by atoms with Gasteiger partial charge in [0.1, 0.15) is 0 Å². The molecule has 0 N–H and O–H groups in total. The first-order valence-corrected chi connectivity index (χ1v) is 19.3. The normalized spacial score (nSPS) is 14.1. The maximum absolute atomic E-state index is 2.66. The molecule has 4 aliphatic heterocycles. The largest absolute Gasteiger partial charge is 0.312 e. The van der Waals surface area contributed by atoms with Crippen LogP contribution in [0.1, 0.15) is 52.7 Å². The van der Waals surface area contributed by atoms with E-state index in [4.69, 9.17) is 0 Å². The molecule has 4 heterocycles. The van der Waals surface area contributed by atoms with Gasteiger partial charge in [0.05, 0.1) is 0 Å². The Hall–Kier alpha value is -5.53. The first kappa shape index (κ1) is 31.0. The third kappa shape index (κ3) is 4.23. The molecule has 252 valence electrons. The van der Waals surface area contributed by atoms with Crippen molar-refractivity contribution >= 4 is 63.3 Å². The van der Waals surface area contributed by atoms with Crippen LogP contribution in [0.5, 0.6) is 0 Å². The Labute approximate surface area is 314 Å². The molecule has 0 saturated heterocycles. The quantitative estimate of drug-likeness (QED) is 0.166. The molecule has 0 spiro atoms. The Bertz CT molecular complexity index is 2700. The molecule has 0 aliphatic carbocycles. The molecule has 7 aromatic rings. The molecule has 0 amide bonds. The van der Waals surface area contributed by atoms with Gasteiger partial charge in [0, 0.05) is 17.1 Å². The van der Waals surface area contributed by atoms with E-state index >= 15 is 0 Å². The fourth-order valence-corrected chi connectivity index (χ4v) is 10.0. The van der Waals surface area contributed by atoms with Crippen LogP contribution in [0.2, 0.25) is 0 Å². The minimum absolute atomic E-state index is 0.0400. The highest BCUT2D eigenvalue weighted by atomic mass is 15.2. The van der Waals surface area contributed by atoms with Crippen LogP contribution in [0.15, 0.2) is 140 Å². The summed E-state index contributed by atoms with van der Waals surface area (Å²) in [4.78, 5) is 2.66. The summed E-state index contributed by atoms with van der Waals surface area (Å²) in [5.74, 6) is 0. The van der Waals surface area contributed by atoms with Gasteiger partial charge in [0.2, 0.25) is 13.4 Å². The van der Waals surface area contributed by atoms with Crippen LogP contribution < -0.4 is 37.7 Å². The summed E-state index contributed by atoms with van der Waals surface area (Å²) in [5, 5.41) is 0. The van der Waals surface area contributed by atoms with Gasteiger partial charge >= 0.3 is 0 Å². The Morgan fingerprint density at radius 1 is 0.396 bits per heavy atom. The number of fused-ring (bicyclic) bond motifs is 10. The van der Waals surface area contributed by atoms with Crippen molar-refractivity contribution in [3.05, 3.63) is 151 Å². The topological polar surface area (TPSA) is 3.24 Å². The molecule has 3 heteroatoms. The average molecular weight is 678 g/mol. The molecule has 0 unspecified atom stereocenters. The van der Waals surface area contributed by atoms with E-state index in [1.54, 1.807) is 0 Å². The van der Waals surface area contributed by atoms with Crippen molar-refractivity contribution in [1.29, 1.82) is 0 Å². The van der Waals surface area contributed by atoms with E-state index in [0.29, 0.717) is 0 Å². The van der Waals surface area contributed by atoms with Crippen molar-refractivity contribution in [3.63, 3.8) is 0 Å². The summed E-state index contributed by atoms with van der Waals surface area (Å²) in [6.07, 6.45) is 0. The second-order valence-electron chi connectivity index (χ2n) is 17.7. The first-order chi connectivity index (χ1) is 25.6. The Morgan fingerprint density at radius 2 is 0.962 bits per heavy atom. The minimum Gasteiger partial charge on any atom is -0.312 e. The highest BCUT2D eigenvalue weighted by Crippen LogP contribution is 2.47. The minimum atomic E-state index is 0.0400. The lowest BCUT2D eigenvalue weighted by atomic mass is 9.32. The van der Waals surface area contributed by atoms with Crippen molar-refractivity contribution in [2.45, 2.75) is 52.4 Å². The van der Waals surface area contributed by atoms with E-state index in [1.807, 2.05) is 0 Å². The van der Waals surface area contributed by atoms with Crippen molar-refractivity contribution < 1.29 is 0 Å². The molecule has 0 fully saturated rings. The van der Waals surface area contributed by atoms with Gasteiger partial charge in [0.15, 0.2) is 0 Å². The van der Waals surface area contributed by atoms with Crippen LogP contribution >= 0.6 is 0 Å². The second-order valence-corrected chi connectivity index (χ2v) is 17.7. The monoisotopic (exact) mass is 677 g/mol. The van der Waals surface area contributed by atoms with Crippen molar-refractivity contribution in [2.24, 2.45) is 0 Å². The zero-order chi connectivity index (χ0) is 36.0. The van der Waals surface area contributed by atoms with Gasteiger partial charge in [-0.3, -0.25) is 0 Å². The number of anilines is 3. The first-order valence-electron chi connectivity index (χ1n) is 19.3. The summed E-state index contributed by atoms with van der Waals surface area (Å²) < 4.78 is 0. The van der Waals surface area contributed by atoms with Crippen molar-refractivity contribution in [1.82, 2.24) is 0 Å². The van der Waals surface area contributed by atoms with E-state index in [2.05, 4.69) is 186 Å². The number of benzene rings is 7. The van der Waals surface area contributed by atoms with E-state index in [1.165, 1.54) is 105 Å². The van der Waals surface area contributed by atoms with Gasteiger partial charge in [-0.2, -0.15) is 0 Å². The molecule has 0 aromatic heterocycles. The van der Waals surface area contributed by atoms with E-state index in [9.17, 15) is 0 Å². The van der Waals surface area contributed by atoms with Crippen LogP contribution in [0.3, 0.4) is 0 Å². The Morgan fingerprint density at radius 3 is 1.60 bits per heavy atom. The zero-order valence-electron chi connectivity index (χ0n) is 31.4. The average Bonchev–Trinajstić information content (AvgIpc) is 3.69. The molecular weight excluding hydrogens is 636 g/mol. The number of hydrogen-bond acceptors (Lipinski definition) is 1. The zero-order valence-corrected chi connectivity index (χ0v) is 31.4. The van der Waals surface area contributed by atoms with Crippen LogP contribution in [0, 0.1) is 0 Å². The third-order valence-electron chi connectivity index (χ3n) is 12.6. The lowest BCUT2D eigenvalue weighted by Crippen LogP contribution is -2.63. The SMILES string of the molecule is CC(C)(C)c1ccc2c(c1)-c1cccc3c1B2c1cc(-c2ccccc2)cc2c1N3c1ccc(-c3ccccc3)c3c1B2c1ccc(C(C)(C)C)cc1-3. The predicted molar refractivity (Wildman–Crippen MR) is 230 cm³/mol. The molecule has 0 radical (unpaired) electrons. The number of rotatable bonds is 2. The molecule has 0 saturated carbocycles. The Kier molecular flexibility index (Phi) is 6.17. The predicted octanol–water partition coefficient (Wildman–Crippen LogP) is 8.71. The van der Waals surface area contributed by atoms with Gasteiger partial charge < -0.3 is 4.90 Å². The molecule has 1 nitrogen and oxygen atoms in total. The van der Waals surface area contributed by atoms with Gasteiger partial charge in [-0.25, -0.2) is 0 Å². The van der Waals surface area contributed by atoms with Crippen LogP contribution in [0.25, 0.3) is 44.5 Å². The summed E-state index contributed by atoms with van der Waals surface area (Å²) in [6.45, 7) is 14.3. The lowest BCUT2D eigenvalue weighted by molar-refractivity contribution is 0.590. The standard InChI is InChI=1S/C50H41B2N/c1-49(2,3)33-20-23-39-37(28-33)36-18-13-19-43-46(36)51(39)41-26-32(30-14-9-7-10-15-30)27-42-48(41)53(43)44-25-22-35(31-16-11-8-12-17-31)45-38-29-34(50(4,5)6)21-24-40(38)52(42)47(44)45/h7-29H,1-6H3. The van der Waals surface area contributed by atoms with Crippen LogP contribution in [0.4, 0.5) is 17.1 Å². The van der Waals surface area contributed by atoms with Crippen molar-refractivity contribution in [2.75, 3.05) is 4.90 Å². The van der Waals surface area contributed by atoms with Gasteiger partial charge in [-0.05, 0) is 100 Å². The molecular formula is C50H41B2N. The van der Waals surface area contributed by atoms with E-state index in [0.717, 1.165) is 0 Å². The lowest BCUT2D eigenvalue weighted by Gasteiger charge is -2.43. The second kappa shape index (κ2) is 10.5.